The molecule has 15 heteroatoms. The van der Waals surface area contributed by atoms with Crippen molar-refractivity contribution in [3.63, 3.8) is 0 Å². The normalized spacial score (nSPS) is 20.7. The number of amides is 2. The summed E-state index contributed by atoms with van der Waals surface area (Å²) in [7, 11) is 1.69. The van der Waals surface area contributed by atoms with Crippen LogP contribution in [0.15, 0.2) is 16.4 Å². The summed E-state index contributed by atoms with van der Waals surface area (Å²) in [6.45, 7) is 5.68. The second kappa shape index (κ2) is 9.58. The van der Waals surface area contributed by atoms with E-state index in [-0.39, 0.29) is 11.6 Å². The molecule has 4 heterocycles. The number of aromatic nitrogens is 6. The summed E-state index contributed by atoms with van der Waals surface area (Å²) in [6, 6.07) is -0.782. The lowest BCUT2D eigenvalue weighted by Crippen LogP contribution is -2.71. The van der Waals surface area contributed by atoms with Gasteiger partial charge in [-0.3, -0.25) is 19.2 Å². The number of aliphatic carboxylic acids is 1. The van der Waals surface area contributed by atoms with E-state index in [1.807, 2.05) is 6.92 Å². The number of β-lactam (4-membered cyclic amide) rings is 1. The van der Waals surface area contributed by atoms with Gasteiger partial charge in [-0.25, -0.2) is 9.48 Å². The van der Waals surface area contributed by atoms with Gasteiger partial charge in [0.05, 0.1) is 28.9 Å². The van der Waals surface area contributed by atoms with Crippen LogP contribution in [0.4, 0.5) is 0 Å². The predicted molar refractivity (Wildman–Crippen MR) is 125 cm³/mol. The van der Waals surface area contributed by atoms with E-state index in [1.165, 1.54) is 33.1 Å². The Bertz CT molecular complexity index is 1200. The molecule has 182 valence electrons. The highest BCUT2D eigenvalue weighted by Gasteiger charge is 2.54. The van der Waals surface area contributed by atoms with E-state index in [2.05, 4.69) is 25.9 Å². The fourth-order valence-electron chi connectivity index (χ4n) is 3.78. The largest absolute Gasteiger partial charge is 0.477 e. The number of tetrazole rings is 1. The summed E-state index contributed by atoms with van der Waals surface area (Å²) in [6.07, 6.45) is 0. The topological polar surface area (TPSA) is 148 Å². The Kier molecular flexibility index (Phi) is 6.92. The lowest BCUT2D eigenvalue weighted by molar-refractivity contribution is -0.151. The van der Waals surface area contributed by atoms with E-state index < -0.39 is 29.2 Å². The maximum absolute atomic E-state index is 12.9. The van der Waals surface area contributed by atoms with Gasteiger partial charge in [0.2, 0.25) is 11.1 Å². The lowest BCUT2D eigenvalue weighted by Gasteiger charge is -2.49. The Morgan fingerprint density at radius 2 is 2.12 bits per heavy atom. The minimum atomic E-state index is -1.18. The summed E-state index contributed by atoms with van der Waals surface area (Å²) >= 11 is 8.90. The highest BCUT2D eigenvalue weighted by molar-refractivity contribution is 8.01. The Hall–Kier alpha value is -2.58. The van der Waals surface area contributed by atoms with Crippen LogP contribution in [-0.2, 0) is 28.0 Å². The number of carbonyl (C=O) groups is 3. The van der Waals surface area contributed by atoms with Crippen LogP contribution in [-0.4, -0.2) is 80.7 Å². The molecule has 2 aliphatic rings. The molecule has 0 saturated carbocycles. The third-order valence-corrected chi connectivity index (χ3v) is 8.68. The highest BCUT2D eigenvalue weighted by atomic mass is 35.5. The molecule has 4 rings (SSSR count). The Morgan fingerprint density at radius 1 is 1.38 bits per heavy atom. The molecule has 0 radical (unpaired) electrons. The van der Waals surface area contributed by atoms with Gasteiger partial charge in [-0.05, 0) is 29.8 Å². The second-order valence-electron chi connectivity index (χ2n) is 8.10. The minimum absolute atomic E-state index is 0.0350. The molecule has 3 atom stereocenters. The van der Waals surface area contributed by atoms with Crippen LogP contribution in [0.1, 0.15) is 18.3 Å². The smallest absolute Gasteiger partial charge is 0.352 e. The van der Waals surface area contributed by atoms with Crippen LogP contribution >= 0.6 is 35.1 Å². The molecule has 2 amide bonds. The lowest BCUT2D eigenvalue weighted by atomic mass is 10.0. The van der Waals surface area contributed by atoms with Crippen molar-refractivity contribution in [3.8, 4) is 0 Å². The number of aryl methyl sites for hydroxylation is 2. The maximum Gasteiger partial charge on any atom is 0.352 e. The van der Waals surface area contributed by atoms with Crippen LogP contribution in [0.5, 0.6) is 0 Å². The number of hydrogen-bond donors (Lipinski definition) is 2. The number of carboxylic acid groups (broad SMARTS) is 1. The van der Waals surface area contributed by atoms with E-state index in [4.69, 9.17) is 11.6 Å². The van der Waals surface area contributed by atoms with Crippen molar-refractivity contribution in [3.05, 3.63) is 27.7 Å². The van der Waals surface area contributed by atoms with Crippen LogP contribution < -0.4 is 5.32 Å². The van der Waals surface area contributed by atoms with Crippen molar-refractivity contribution in [1.29, 1.82) is 0 Å². The summed E-state index contributed by atoms with van der Waals surface area (Å²) in [4.78, 5) is 39.0. The molecule has 2 aromatic heterocycles. The Morgan fingerprint density at radius 3 is 2.71 bits per heavy atom. The number of rotatable bonds is 8. The van der Waals surface area contributed by atoms with Crippen LogP contribution in [0.2, 0.25) is 5.02 Å². The third-order valence-electron chi connectivity index (χ3n) is 5.69. The first-order valence-electron chi connectivity index (χ1n) is 10.3. The van der Waals surface area contributed by atoms with E-state index in [0.717, 1.165) is 5.69 Å². The van der Waals surface area contributed by atoms with E-state index in [1.54, 1.807) is 25.6 Å². The van der Waals surface area contributed by atoms with Gasteiger partial charge in [0.25, 0.3) is 5.91 Å². The molecule has 1 saturated heterocycles. The van der Waals surface area contributed by atoms with Gasteiger partial charge in [-0.1, -0.05) is 30.3 Å². The van der Waals surface area contributed by atoms with Crippen molar-refractivity contribution in [2.75, 3.05) is 11.5 Å². The van der Waals surface area contributed by atoms with Gasteiger partial charge in [-0.2, -0.15) is 5.10 Å². The van der Waals surface area contributed by atoms with Crippen LogP contribution in [0.3, 0.4) is 0 Å². The van der Waals surface area contributed by atoms with Crippen molar-refractivity contribution < 1.29 is 19.5 Å². The zero-order valence-corrected chi connectivity index (χ0v) is 21.2. The van der Waals surface area contributed by atoms with Crippen LogP contribution in [0, 0.1) is 19.8 Å². The molecule has 12 nitrogen and oxygen atoms in total. The SMILES string of the molecule is Cc1nn(C[C@H](C)C(=O)N[C@@H]2C(=O)N3C(C(=O)O)=C(CSc4nnnn4C)CS[C@H]23)c(C)c1Cl. The zero-order valence-electron chi connectivity index (χ0n) is 18.9. The fraction of sp³-hybridized carbons (Fsp3) is 0.526. The number of nitrogens with zero attached hydrogens (tertiary/aromatic N) is 7. The number of hydrogen-bond acceptors (Lipinski definition) is 9. The van der Waals surface area contributed by atoms with Gasteiger partial charge in [0.1, 0.15) is 17.1 Å². The standard InChI is InChI=1S/C19H23ClN8O4S2/c1-8(5-27-10(3)12(20)9(2)23-27)15(29)21-13-16(30)28-14(18(31)32)11(6-33-17(13)28)7-34-19-22-24-25-26(19)4/h8,13,17H,5-7H2,1-4H3,(H,21,29)(H,31,32)/t8-,13+,17+/m0/s1. The average molecular weight is 527 g/mol. The summed E-state index contributed by atoms with van der Waals surface area (Å²) in [5, 5.41) is 28.8. The van der Waals surface area contributed by atoms with Gasteiger partial charge in [0, 0.05) is 18.6 Å². The maximum atomic E-state index is 12.9. The Labute approximate surface area is 208 Å². The molecule has 34 heavy (non-hydrogen) atoms. The monoisotopic (exact) mass is 526 g/mol. The minimum Gasteiger partial charge on any atom is -0.477 e. The molecule has 0 bridgehead atoms. The molecule has 2 aromatic rings. The predicted octanol–water partition coefficient (Wildman–Crippen LogP) is 0.844. The summed E-state index contributed by atoms with van der Waals surface area (Å²) < 4.78 is 3.17. The van der Waals surface area contributed by atoms with Gasteiger partial charge < -0.3 is 10.4 Å². The van der Waals surface area contributed by atoms with Crippen LogP contribution in [0.25, 0.3) is 0 Å². The summed E-state index contributed by atoms with van der Waals surface area (Å²) in [5.74, 6) is -1.64. The molecule has 2 N–H and O–H groups in total. The molecule has 0 spiro atoms. The molecular formula is C19H23ClN8O4S2. The number of carboxylic acids is 1. The number of halogens is 1. The number of thioether (sulfide) groups is 2. The molecule has 2 aliphatic heterocycles. The van der Waals surface area contributed by atoms with Gasteiger partial charge in [0.15, 0.2) is 0 Å². The average Bonchev–Trinajstić information content (AvgIpc) is 3.32. The molecule has 1 fully saturated rings. The fourth-order valence-corrected chi connectivity index (χ4v) is 6.25. The highest BCUT2D eigenvalue weighted by Crippen LogP contribution is 2.41. The number of nitrogens with one attached hydrogen (secondary N) is 1. The molecule has 0 unspecified atom stereocenters. The van der Waals surface area contributed by atoms with Gasteiger partial charge in [-0.15, -0.1) is 16.9 Å². The van der Waals surface area contributed by atoms with Crippen molar-refractivity contribution in [1.82, 2.24) is 40.2 Å². The van der Waals surface area contributed by atoms with E-state index >= 15 is 0 Å². The van der Waals surface area contributed by atoms with E-state index in [0.29, 0.717) is 39.5 Å². The Balaban J connectivity index is 1.42. The van der Waals surface area contributed by atoms with Gasteiger partial charge >= 0.3 is 5.97 Å². The molecular weight excluding hydrogens is 504 g/mol. The van der Waals surface area contributed by atoms with Crippen molar-refractivity contribution in [2.45, 2.75) is 43.9 Å². The third kappa shape index (κ3) is 4.41. The first-order chi connectivity index (χ1) is 16.1. The van der Waals surface area contributed by atoms with Crippen molar-refractivity contribution in [2.24, 2.45) is 13.0 Å². The van der Waals surface area contributed by atoms with Crippen molar-refractivity contribution >= 4 is 52.9 Å². The first-order valence-corrected chi connectivity index (χ1v) is 12.8. The zero-order chi connectivity index (χ0) is 24.7. The first kappa shape index (κ1) is 24.5. The summed E-state index contributed by atoms with van der Waals surface area (Å²) in [5.41, 5.74) is 2.03. The molecule has 0 aromatic carbocycles. The van der Waals surface area contributed by atoms with E-state index in [9.17, 15) is 19.5 Å². The quantitative estimate of drug-likeness (QED) is 0.374. The molecule has 0 aliphatic carbocycles. The number of fused-ring (bicyclic) bond motifs is 1. The second-order valence-corrected chi connectivity index (χ2v) is 10.5. The number of carbonyl (C=O) groups excluding carboxylic acids is 2.